The minimum absolute atomic E-state index is 0.0471. The topological polar surface area (TPSA) is 105 Å². The van der Waals surface area contributed by atoms with E-state index in [1.807, 2.05) is 78.9 Å². The Bertz CT molecular complexity index is 1630. The number of alkyl halides is 3. The van der Waals surface area contributed by atoms with Crippen molar-refractivity contribution in [2.75, 3.05) is 5.75 Å². The van der Waals surface area contributed by atoms with E-state index in [-0.39, 0.29) is 30.9 Å². The third-order valence-corrected chi connectivity index (χ3v) is 9.09. The highest BCUT2D eigenvalue weighted by atomic mass is 35.6. The number of thioether (sulfide) groups is 1. The predicted octanol–water partition coefficient (Wildman–Crippen LogP) is 7.87. The molecule has 5 rings (SSSR count). The third-order valence-electron chi connectivity index (χ3n) is 7.37. The molecule has 1 fully saturated rings. The molecule has 0 aromatic heterocycles. The maximum Gasteiger partial charge on any atom is 0.336 e. The Morgan fingerprint density at radius 1 is 0.867 bits per heavy atom. The van der Waals surface area contributed by atoms with Crippen molar-refractivity contribution in [3.8, 4) is 11.1 Å². The number of carbonyl (C=O) groups excluding carboxylic acids is 1. The van der Waals surface area contributed by atoms with Gasteiger partial charge in [0.1, 0.15) is 0 Å². The van der Waals surface area contributed by atoms with E-state index in [1.54, 1.807) is 18.2 Å². The number of nitrogens with one attached hydrogen (secondary N) is 1. The molecule has 1 aliphatic heterocycles. The molecule has 45 heavy (non-hydrogen) atoms. The van der Waals surface area contributed by atoms with Gasteiger partial charge in [-0.05, 0) is 39.9 Å². The zero-order valence-corrected chi connectivity index (χ0v) is 27.0. The smallest absolute Gasteiger partial charge is 0.336 e. The highest BCUT2D eigenvalue weighted by Crippen LogP contribution is 2.40. The molecular weight excluding hydrogens is 657 g/mol. The maximum atomic E-state index is 12.1. The number of halogens is 3. The normalized spacial score (nSPS) is 18.4. The Labute approximate surface area is 280 Å². The van der Waals surface area contributed by atoms with Crippen LogP contribution >= 0.6 is 46.6 Å². The van der Waals surface area contributed by atoms with Crippen LogP contribution in [0, 0.1) is 0 Å². The number of amides is 1. The van der Waals surface area contributed by atoms with Crippen molar-refractivity contribution in [1.82, 2.24) is 5.32 Å². The van der Waals surface area contributed by atoms with Gasteiger partial charge in [0.15, 0.2) is 6.29 Å². The van der Waals surface area contributed by atoms with E-state index in [0.29, 0.717) is 17.1 Å². The Morgan fingerprint density at radius 3 is 2.22 bits per heavy atom. The summed E-state index contributed by atoms with van der Waals surface area (Å²) < 4.78 is 10.9. The average molecular weight is 687 g/mol. The standard InChI is InChI=1S/C34H30Cl3NO6S/c35-34(36,37)33(42)38-18-25-5-1-2-6-27(25)22-13-15-24(16-14-22)32-43-26(20-45-30-8-4-3-7-28(30)31(40)41)17-29(44-32)23-11-9-21(19-39)10-12-23/h1-16,26,29,32,39H,17-20H2,(H,38,42)(H,40,41)/t26-,29+,32+/m1/s1. The Kier molecular flexibility index (Phi) is 11.1. The fourth-order valence-electron chi connectivity index (χ4n) is 5.03. The monoisotopic (exact) mass is 685 g/mol. The molecule has 0 radical (unpaired) electrons. The van der Waals surface area contributed by atoms with Gasteiger partial charge in [0.25, 0.3) is 9.70 Å². The number of rotatable bonds is 10. The van der Waals surface area contributed by atoms with Crippen molar-refractivity contribution in [2.24, 2.45) is 0 Å². The number of carboxylic acid groups (broad SMARTS) is 1. The van der Waals surface area contributed by atoms with Gasteiger partial charge in [-0.1, -0.05) is 120 Å². The van der Waals surface area contributed by atoms with Crippen LogP contribution in [0.1, 0.15) is 51.4 Å². The number of aliphatic hydroxyl groups is 1. The van der Waals surface area contributed by atoms with E-state index in [4.69, 9.17) is 44.3 Å². The van der Waals surface area contributed by atoms with Crippen molar-refractivity contribution in [2.45, 2.75) is 46.8 Å². The minimum atomic E-state index is -2.05. The first kappa shape index (κ1) is 33.3. The van der Waals surface area contributed by atoms with Crippen LogP contribution < -0.4 is 5.32 Å². The lowest BCUT2D eigenvalue weighted by atomic mass is 9.98. The lowest BCUT2D eigenvalue weighted by Crippen LogP contribution is -2.34. The summed E-state index contributed by atoms with van der Waals surface area (Å²) in [6.45, 7) is 0.134. The molecule has 3 atom stereocenters. The van der Waals surface area contributed by atoms with Gasteiger partial charge in [0.2, 0.25) is 0 Å². The van der Waals surface area contributed by atoms with Crippen molar-refractivity contribution in [1.29, 1.82) is 0 Å². The van der Waals surface area contributed by atoms with E-state index in [0.717, 1.165) is 33.4 Å². The van der Waals surface area contributed by atoms with Crippen molar-refractivity contribution < 1.29 is 29.3 Å². The molecule has 234 valence electrons. The Morgan fingerprint density at radius 2 is 1.53 bits per heavy atom. The molecule has 4 aromatic carbocycles. The van der Waals surface area contributed by atoms with E-state index in [2.05, 4.69) is 5.32 Å². The molecule has 0 saturated carbocycles. The summed E-state index contributed by atoms with van der Waals surface area (Å²) >= 11 is 18.5. The zero-order valence-electron chi connectivity index (χ0n) is 23.9. The van der Waals surface area contributed by atoms with Gasteiger partial charge >= 0.3 is 5.97 Å². The highest BCUT2D eigenvalue weighted by molar-refractivity contribution is 7.99. The molecule has 0 aliphatic carbocycles. The number of ether oxygens (including phenoxy) is 2. The summed E-state index contributed by atoms with van der Waals surface area (Å²) in [7, 11) is 0. The molecule has 7 nitrogen and oxygen atoms in total. The number of hydrogen-bond acceptors (Lipinski definition) is 6. The summed E-state index contributed by atoms with van der Waals surface area (Å²) in [6, 6.07) is 30.0. The number of hydrogen-bond donors (Lipinski definition) is 3. The molecule has 11 heteroatoms. The first-order valence-electron chi connectivity index (χ1n) is 14.1. The summed E-state index contributed by atoms with van der Waals surface area (Å²) in [5.74, 6) is -1.15. The maximum absolute atomic E-state index is 12.1. The van der Waals surface area contributed by atoms with Crippen LogP contribution in [-0.2, 0) is 27.4 Å². The predicted molar refractivity (Wildman–Crippen MR) is 177 cm³/mol. The molecule has 1 amide bonds. The van der Waals surface area contributed by atoms with Crippen LogP contribution in [-0.4, -0.2) is 37.7 Å². The van der Waals surface area contributed by atoms with Crippen LogP contribution in [0.2, 0.25) is 0 Å². The second-order valence-corrected chi connectivity index (χ2v) is 13.8. The molecule has 1 saturated heterocycles. The first-order chi connectivity index (χ1) is 21.6. The number of carbonyl (C=O) groups is 2. The third kappa shape index (κ3) is 8.60. The molecule has 0 unspecified atom stereocenters. The highest BCUT2D eigenvalue weighted by Gasteiger charge is 2.33. The van der Waals surface area contributed by atoms with Crippen LogP contribution in [0.5, 0.6) is 0 Å². The SMILES string of the molecule is O=C(O)c1ccccc1SC[C@H]1C[C@@H](c2ccc(CO)cc2)O[C@@H](c2ccc(-c3ccccc3CNC(=O)C(Cl)(Cl)Cl)cc2)O1. The fourth-order valence-corrected chi connectivity index (χ4v) is 6.29. The molecule has 0 bridgehead atoms. The van der Waals surface area contributed by atoms with Gasteiger partial charge in [-0.25, -0.2) is 4.79 Å². The number of aromatic carboxylic acids is 1. The van der Waals surface area contributed by atoms with Crippen LogP contribution in [0.4, 0.5) is 0 Å². The van der Waals surface area contributed by atoms with Crippen molar-refractivity contribution >= 4 is 58.4 Å². The van der Waals surface area contributed by atoms with Gasteiger partial charge in [-0.3, -0.25) is 4.79 Å². The summed E-state index contributed by atoms with van der Waals surface area (Å²) in [5.41, 5.74) is 5.52. The molecule has 1 aliphatic rings. The van der Waals surface area contributed by atoms with Gasteiger partial charge in [0.05, 0.1) is 24.4 Å². The number of aliphatic hydroxyl groups excluding tert-OH is 1. The van der Waals surface area contributed by atoms with Crippen molar-refractivity contribution in [3.63, 3.8) is 0 Å². The molecule has 0 spiro atoms. The number of carboxylic acids is 1. The molecule has 1 heterocycles. The van der Waals surface area contributed by atoms with E-state index < -0.39 is 22.0 Å². The molecule has 3 N–H and O–H groups in total. The van der Waals surface area contributed by atoms with Crippen molar-refractivity contribution in [3.05, 3.63) is 125 Å². The van der Waals surface area contributed by atoms with Crippen LogP contribution in [0.3, 0.4) is 0 Å². The summed E-state index contributed by atoms with van der Waals surface area (Å²) in [6.07, 6.45) is -0.615. The molecule has 4 aromatic rings. The largest absolute Gasteiger partial charge is 0.478 e. The number of benzene rings is 4. The first-order valence-corrected chi connectivity index (χ1v) is 16.2. The van der Waals surface area contributed by atoms with E-state index >= 15 is 0 Å². The zero-order chi connectivity index (χ0) is 32.0. The van der Waals surface area contributed by atoms with E-state index in [9.17, 15) is 19.8 Å². The van der Waals surface area contributed by atoms with Gasteiger partial charge in [-0.2, -0.15) is 0 Å². The quantitative estimate of drug-likeness (QED) is 0.115. The average Bonchev–Trinajstić information content (AvgIpc) is 3.06. The van der Waals surface area contributed by atoms with Crippen LogP contribution in [0.15, 0.2) is 102 Å². The van der Waals surface area contributed by atoms with Gasteiger partial charge in [-0.15, -0.1) is 11.8 Å². The lowest BCUT2D eigenvalue weighted by molar-refractivity contribution is -0.245. The fraction of sp³-hybridized carbons (Fsp3) is 0.235. The van der Waals surface area contributed by atoms with E-state index in [1.165, 1.54) is 11.8 Å². The van der Waals surface area contributed by atoms with Gasteiger partial charge in [0, 0.05) is 29.2 Å². The Hall–Kier alpha value is -3.08. The summed E-state index contributed by atoms with van der Waals surface area (Å²) in [4.78, 5) is 24.5. The minimum Gasteiger partial charge on any atom is -0.478 e. The second-order valence-electron chi connectivity index (χ2n) is 10.4. The molecular formula is C34H30Cl3NO6S. The Balaban J connectivity index is 1.36. The summed E-state index contributed by atoms with van der Waals surface area (Å²) in [5, 5.41) is 21.8. The lowest BCUT2D eigenvalue weighted by Gasteiger charge is -2.36. The van der Waals surface area contributed by atoms with Crippen LogP contribution in [0.25, 0.3) is 11.1 Å². The second kappa shape index (κ2) is 15.0. The van der Waals surface area contributed by atoms with Gasteiger partial charge < -0.3 is 25.0 Å².